The van der Waals surface area contributed by atoms with Gasteiger partial charge in [-0.3, -0.25) is 14.3 Å². The van der Waals surface area contributed by atoms with Crippen molar-refractivity contribution in [3.63, 3.8) is 0 Å². The van der Waals surface area contributed by atoms with Crippen molar-refractivity contribution in [1.82, 2.24) is 25.1 Å². The first kappa shape index (κ1) is 21.6. The van der Waals surface area contributed by atoms with Gasteiger partial charge in [-0.15, -0.1) is 10.2 Å². The fourth-order valence-corrected chi connectivity index (χ4v) is 3.91. The summed E-state index contributed by atoms with van der Waals surface area (Å²) < 4.78 is 7.60. The summed E-state index contributed by atoms with van der Waals surface area (Å²) in [5.41, 5.74) is 2.97. The SMILES string of the molecule is Cc1ccccc1-n1c(SCC(=O)NCCOc2ccccc2)nnc1-c1ccncc1. The van der Waals surface area contributed by atoms with Crippen molar-refractivity contribution in [3.8, 4) is 22.8 Å². The molecule has 1 amide bonds. The average molecular weight is 446 g/mol. The maximum atomic E-state index is 12.4. The Labute approximate surface area is 190 Å². The van der Waals surface area contributed by atoms with Crippen molar-refractivity contribution in [2.45, 2.75) is 12.1 Å². The maximum absolute atomic E-state index is 12.4. The van der Waals surface area contributed by atoms with Crippen molar-refractivity contribution in [1.29, 1.82) is 0 Å². The zero-order valence-electron chi connectivity index (χ0n) is 17.6. The van der Waals surface area contributed by atoms with Gasteiger partial charge in [0.15, 0.2) is 11.0 Å². The lowest BCUT2D eigenvalue weighted by atomic mass is 10.2. The third-order valence-corrected chi connectivity index (χ3v) is 5.63. The molecule has 2 heterocycles. The number of rotatable bonds is 9. The normalized spacial score (nSPS) is 10.7. The summed E-state index contributed by atoms with van der Waals surface area (Å²) in [7, 11) is 0. The fourth-order valence-electron chi connectivity index (χ4n) is 3.14. The Balaban J connectivity index is 1.43. The minimum Gasteiger partial charge on any atom is -0.492 e. The molecule has 1 N–H and O–H groups in total. The molecule has 162 valence electrons. The topological polar surface area (TPSA) is 81.9 Å². The molecule has 0 bridgehead atoms. The fraction of sp³-hybridized carbons (Fsp3) is 0.167. The first-order valence-corrected chi connectivity index (χ1v) is 11.2. The highest BCUT2D eigenvalue weighted by molar-refractivity contribution is 7.99. The second-order valence-corrected chi connectivity index (χ2v) is 7.91. The Morgan fingerprint density at radius 2 is 1.75 bits per heavy atom. The standard InChI is InChI=1S/C24H23N5O2S/c1-18-7-5-6-10-21(18)29-23(19-11-13-25-14-12-19)27-28-24(29)32-17-22(30)26-15-16-31-20-8-3-2-4-9-20/h2-14H,15-17H2,1H3,(H,26,30). The predicted molar refractivity (Wildman–Crippen MR) is 125 cm³/mol. The number of amides is 1. The van der Waals surface area contributed by atoms with E-state index < -0.39 is 0 Å². The molecule has 32 heavy (non-hydrogen) atoms. The van der Waals surface area contributed by atoms with Crippen molar-refractivity contribution in [2.75, 3.05) is 18.9 Å². The van der Waals surface area contributed by atoms with Gasteiger partial charge in [0.25, 0.3) is 0 Å². The average Bonchev–Trinajstić information content (AvgIpc) is 3.26. The highest BCUT2D eigenvalue weighted by atomic mass is 32.2. The summed E-state index contributed by atoms with van der Waals surface area (Å²) in [6.07, 6.45) is 3.45. The van der Waals surface area contributed by atoms with Crippen LogP contribution in [-0.2, 0) is 4.79 Å². The van der Waals surface area contributed by atoms with Gasteiger partial charge in [-0.1, -0.05) is 48.2 Å². The molecule has 4 aromatic rings. The molecule has 0 aliphatic carbocycles. The van der Waals surface area contributed by atoms with Crippen molar-refractivity contribution in [2.24, 2.45) is 0 Å². The number of para-hydroxylation sites is 2. The van der Waals surface area contributed by atoms with Crippen molar-refractivity contribution >= 4 is 17.7 Å². The van der Waals surface area contributed by atoms with Crippen LogP contribution < -0.4 is 10.1 Å². The smallest absolute Gasteiger partial charge is 0.230 e. The number of pyridine rings is 1. The zero-order valence-corrected chi connectivity index (χ0v) is 18.5. The molecular formula is C24H23N5O2S. The van der Waals surface area contributed by atoms with E-state index in [9.17, 15) is 4.79 Å². The monoisotopic (exact) mass is 445 g/mol. The van der Waals surface area contributed by atoms with Crippen LogP contribution in [0.4, 0.5) is 0 Å². The zero-order chi connectivity index (χ0) is 22.2. The summed E-state index contributed by atoms with van der Waals surface area (Å²) in [5.74, 6) is 1.63. The van der Waals surface area contributed by atoms with E-state index in [2.05, 4.69) is 20.5 Å². The lowest BCUT2D eigenvalue weighted by Crippen LogP contribution is -2.29. The second kappa shape index (κ2) is 10.6. The minimum absolute atomic E-state index is 0.0866. The molecule has 0 radical (unpaired) electrons. The second-order valence-electron chi connectivity index (χ2n) is 6.96. The number of ether oxygens (including phenoxy) is 1. The first-order valence-electron chi connectivity index (χ1n) is 10.2. The van der Waals surface area contributed by atoms with E-state index >= 15 is 0 Å². The maximum Gasteiger partial charge on any atom is 0.230 e. The number of nitrogens with one attached hydrogen (secondary N) is 1. The number of carbonyl (C=O) groups is 1. The lowest BCUT2D eigenvalue weighted by molar-refractivity contribution is -0.118. The van der Waals surface area contributed by atoms with Gasteiger partial charge >= 0.3 is 0 Å². The highest BCUT2D eigenvalue weighted by Gasteiger charge is 2.18. The molecule has 0 unspecified atom stereocenters. The molecular weight excluding hydrogens is 422 g/mol. The Morgan fingerprint density at radius 1 is 1.00 bits per heavy atom. The van der Waals surface area contributed by atoms with Gasteiger partial charge in [0.1, 0.15) is 12.4 Å². The summed E-state index contributed by atoms with van der Waals surface area (Å²) in [4.78, 5) is 16.5. The Morgan fingerprint density at radius 3 is 2.53 bits per heavy atom. The van der Waals surface area contributed by atoms with E-state index in [0.717, 1.165) is 22.6 Å². The molecule has 2 aromatic heterocycles. The van der Waals surface area contributed by atoms with E-state index in [1.165, 1.54) is 11.8 Å². The number of benzene rings is 2. The molecule has 2 aromatic carbocycles. The lowest BCUT2D eigenvalue weighted by Gasteiger charge is -2.13. The molecule has 0 fully saturated rings. The van der Waals surface area contributed by atoms with Crippen LogP contribution in [0.5, 0.6) is 5.75 Å². The number of hydrogen-bond donors (Lipinski definition) is 1. The third kappa shape index (κ3) is 5.33. The molecule has 0 aliphatic rings. The minimum atomic E-state index is -0.0866. The van der Waals surface area contributed by atoms with Gasteiger partial charge in [-0.2, -0.15) is 0 Å². The molecule has 8 heteroatoms. The van der Waals surface area contributed by atoms with E-state index in [4.69, 9.17) is 4.74 Å². The predicted octanol–water partition coefficient (Wildman–Crippen LogP) is 3.93. The van der Waals surface area contributed by atoms with Crippen LogP contribution in [0.25, 0.3) is 17.1 Å². The number of hydrogen-bond acceptors (Lipinski definition) is 6. The van der Waals surface area contributed by atoms with Crippen LogP contribution in [0.15, 0.2) is 84.3 Å². The van der Waals surface area contributed by atoms with Gasteiger partial charge in [0.05, 0.1) is 18.0 Å². The Bertz CT molecular complexity index is 1170. The molecule has 4 rings (SSSR count). The number of carbonyl (C=O) groups excluding carboxylic acids is 1. The van der Waals surface area contributed by atoms with Crippen LogP contribution in [-0.4, -0.2) is 44.6 Å². The number of aromatic nitrogens is 4. The summed E-state index contributed by atoms with van der Waals surface area (Å²) in [6, 6.07) is 21.4. The number of aryl methyl sites for hydroxylation is 1. The first-order chi connectivity index (χ1) is 15.7. The third-order valence-electron chi connectivity index (χ3n) is 4.70. The van der Waals surface area contributed by atoms with Gasteiger partial charge in [0, 0.05) is 18.0 Å². The van der Waals surface area contributed by atoms with E-state index in [-0.39, 0.29) is 11.7 Å². The van der Waals surface area contributed by atoms with Crippen LogP contribution in [0.3, 0.4) is 0 Å². The molecule has 0 saturated heterocycles. The Hall–Kier alpha value is -3.65. The molecule has 0 saturated carbocycles. The Kier molecular flexibility index (Phi) is 7.14. The highest BCUT2D eigenvalue weighted by Crippen LogP contribution is 2.29. The van der Waals surface area contributed by atoms with Crippen LogP contribution in [0.1, 0.15) is 5.56 Å². The van der Waals surface area contributed by atoms with Crippen LogP contribution in [0, 0.1) is 6.92 Å². The molecule has 0 aliphatic heterocycles. The number of thioether (sulfide) groups is 1. The molecule has 7 nitrogen and oxygen atoms in total. The summed E-state index contributed by atoms with van der Waals surface area (Å²) in [5, 5.41) is 12.3. The molecule has 0 atom stereocenters. The quantitative estimate of drug-likeness (QED) is 0.311. The summed E-state index contributed by atoms with van der Waals surface area (Å²) in [6.45, 7) is 2.88. The summed E-state index contributed by atoms with van der Waals surface area (Å²) >= 11 is 1.35. The van der Waals surface area contributed by atoms with Gasteiger partial charge in [-0.25, -0.2) is 0 Å². The van der Waals surface area contributed by atoms with Gasteiger partial charge in [-0.05, 0) is 42.8 Å². The molecule has 0 spiro atoms. The van der Waals surface area contributed by atoms with Gasteiger partial charge < -0.3 is 10.1 Å². The van der Waals surface area contributed by atoms with Crippen LogP contribution in [0.2, 0.25) is 0 Å². The van der Waals surface area contributed by atoms with Crippen molar-refractivity contribution in [3.05, 3.63) is 84.7 Å². The van der Waals surface area contributed by atoms with Crippen LogP contribution >= 0.6 is 11.8 Å². The van der Waals surface area contributed by atoms with Gasteiger partial charge in [0.2, 0.25) is 5.91 Å². The number of nitrogens with zero attached hydrogens (tertiary/aromatic N) is 4. The van der Waals surface area contributed by atoms with E-state index in [0.29, 0.717) is 24.1 Å². The van der Waals surface area contributed by atoms with Crippen molar-refractivity contribution < 1.29 is 9.53 Å². The van der Waals surface area contributed by atoms with E-state index in [1.807, 2.05) is 78.2 Å². The van der Waals surface area contributed by atoms with E-state index in [1.54, 1.807) is 12.4 Å². The largest absolute Gasteiger partial charge is 0.492 e.